The topological polar surface area (TPSA) is 63.5 Å². The quantitative estimate of drug-likeness (QED) is 0.418. The Kier molecular flexibility index (Phi) is 5.95. The van der Waals surface area contributed by atoms with Crippen LogP contribution in [0.3, 0.4) is 0 Å². The lowest BCUT2D eigenvalue weighted by atomic mass is 10.2. The van der Waals surface area contributed by atoms with Crippen LogP contribution in [-0.2, 0) is 0 Å². The molecule has 2 aromatic carbocycles. The predicted octanol–water partition coefficient (Wildman–Crippen LogP) is 4.80. The van der Waals surface area contributed by atoms with Crippen molar-refractivity contribution in [3.63, 3.8) is 0 Å². The minimum absolute atomic E-state index is 0.0452. The van der Waals surface area contributed by atoms with Gasteiger partial charge in [0.2, 0.25) is 0 Å². The molecule has 1 aliphatic rings. The number of methoxy groups -OCH3 is 1. The first-order valence-electron chi connectivity index (χ1n) is 10.8. The van der Waals surface area contributed by atoms with Crippen LogP contribution in [0.5, 0.6) is 5.75 Å². The van der Waals surface area contributed by atoms with E-state index in [1.54, 1.807) is 42.7 Å². The summed E-state index contributed by atoms with van der Waals surface area (Å²) in [6.45, 7) is 4.99. The van der Waals surface area contributed by atoms with E-state index in [0.29, 0.717) is 17.1 Å². The number of benzene rings is 2. The molecule has 2 aromatic heterocycles. The molecule has 0 saturated carbocycles. The monoisotopic (exact) mass is 481 g/mol. The molecular formula is C24H24ClN5O2S. The summed E-state index contributed by atoms with van der Waals surface area (Å²) in [6.07, 6.45) is 0.888. The van der Waals surface area contributed by atoms with Crippen LogP contribution >= 0.6 is 22.9 Å². The van der Waals surface area contributed by atoms with E-state index in [9.17, 15) is 4.79 Å². The number of nitrogens with zero attached hydrogens (tertiary/aromatic N) is 5. The van der Waals surface area contributed by atoms with E-state index in [1.165, 1.54) is 0 Å². The molecule has 1 saturated heterocycles. The third-order valence-corrected chi connectivity index (χ3v) is 7.31. The lowest BCUT2D eigenvalue weighted by molar-refractivity contribution is 0.0767. The highest BCUT2D eigenvalue weighted by Crippen LogP contribution is 2.33. The van der Waals surface area contributed by atoms with Gasteiger partial charge in [0.25, 0.3) is 5.91 Å². The van der Waals surface area contributed by atoms with E-state index in [-0.39, 0.29) is 5.91 Å². The van der Waals surface area contributed by atoms with Crippen LogP contribution in [0.1, 0.15) is 22.5 Å². The number of halogens is 1. The zero-order valence-electron chi connectivity index (χ0n) is 18.5. The van der Waals surface area contributed by atoms with Crippen molar-refractivity contribution in [1.29, 1.82) is 0 Å². The number of aryl methyl sites for hydroxylation is 1. The molecule has 170 valence electrons. The largest absolute Gasteiger partial charge is 0.497 e. The number of fused-ring (bicyclic) bond motifs is 1. The normalized spacial score (nSPS) is 14.5. The number of hydrogen-bond donors (Lipinski definition) is 0. The van der Waals surface area contributed by atoms with E-state index >= 15 is 0 Å². The molecule has 4 aromatic rings. The Morgan fingerprint density at radius 3 is 2.52 bits per heavy atom. The average molecular weight is 482 g/mol. The Morgan fingerprint density at radius 1 is 1.03 bits per heavy atom. The van der Waals surface area contributed by atoms with Crippen LogP contribution < -0.4 is 9.64 Å². The highest BCUT2D eigenvalue weighted by Gasteiger charge is 2.24. The minimum atomic E-state index is 0.0452. The Bertz CT molecular complexity index is 1280. The van der Waals surface area contributed by atoms with Gasteiger partial charge in [0, 0.05) is 36.8 Å². The van der Waals surface area contributed by atoms with E-state index in [2.05, 4.69) is 4.90 Å². The molecule has 0 bridgehead atoms. The highest BCUT2D eigenvalue weighted by atomic mass is 35.5. The van der Waals surface area contributed by atoms with E-state index in [1.807, 2.05) is 40.8 Å². The summed E-state index contributed by atoms with van der Waals surface area (Å²) in [4.78, 5) is 22.1. The molecular weight excluding hydrogens is 458 g/mol. The lowest BCUT2D eigenvalue weighted by Gasteiger charge is -2.21. The Hall–Kier alpha value is -3.10. The number of hydrogen-bond acceptors (Lipinski definition) is 6. The van der Waals surface area contributed by atoms with Crippen LogP contribution in [0, 0.1) is 6.92 Å². The number of ether oxygens (including phenoxy) is 1. The van der Waals surface area contributed by atoms with Gasteiger partial charge in [-0.25, -0.2) is 4.68 Å². The molecule has 0 spiro atoms. The summed E-state index contributed by atoms with van der Waals surface area (Å²) in [5, 5.41) is 6.30. The average Bonchev–Trinajstić information content (AvgIpc) is 3.30. The summed E-state index contributed by atoms with van der Waals surface area (Å²) in [6, 6.07) is 14.9. The number of anilines is 1. The molecule has 0 radical (unpaired) electrons. The molecule has 1 amide bonds. The minimum Gasteiger partial charge on any atom is -0.497 e. The number of amides is 1. The molecule has 5 rings (SSSR count). The summed E-state index contributed by atoms with van der Waals surface area (Å²) < 4.78 is 8.24. The predicted molar refractivity (Wildman–Crippen MR) is 132 cm³/mol. The maximum atomic E-state index is 12.9. The van der Waals surface area contributed by atoms with Crippen LogP contribution in [0.15, 0.2) is 48.5 Å². The van der Waals surface area contributed by atoms with Gasteiger partial charge in [0.05, 0.1) is 23.2 Å². The van der Waals surface area contributed by atoms with E-state index in [4.69, 9.17) is 26.4 Å². The van der Waals surface area contributed by atoms with Crippen LogP contribution in [0.25, 0.3) is 16.0 Å². The van der Waals surface area contributed by atoms with Gasteiger partial charge in [-0.05, 0) is 61.9 Å². The first-order valence-corrected chi connectivity index (χ1v) is 12.0. The molecule has 0 unspecified atom stereocenters. The summed E-state index contributed by atoms with van der Waals surface area (Å²) in [5.74, 6) is 0.851. The molecule has 1 aliphatic heterocycles. The third-order valence-electron chi connectivity index (χ3n) is 5.84. The van der Waals surface area contributed by atoms with Gasteiger partial charge < -0.3 is 14.5 Å². The maximum Gasteiger partial charge on any atom is 0.253 e. The number of aromatic nitrogens is 3. The number of rotatable bonds is 4. The van der Waals surface area contributed by atoms with Crippen molar-refractivity contribution < 1.29 is 9.53 Å². The van der Waals surface area contributed by atoms with Gasteiger partial charge in [-0.2, -0.15) is 10.1 Å². The molecule has 9 heteroatoms. The van der Waals surface area contributed by atoms with Crippen molar-refractivity contribution in [2.45, 2.75) is 13.3 Å². The number of carbonyl (C=O) groups excluding carboxylic acids is 1. The van der Waals surface area contributed by atoms with Crippen LogP contribution in [0.4, 0.5) is 5.13 Å². The fourth-order valence-corrected chi connectivity index (χ4v) is 5.21. The summed E-state index contributed by atoms with van der Waals surface area (Å²) >= 11 is 7.62. The fourth-order valence-electron chi connectivity index (χ4n) is 4.05. The number of carbonyl (C=O) groups is 1. The first-order chi connectivity index (χ1) is 16.0. The summed E-state index contributed by atoms with van der Waals surface area (Å²) in [5.41, 5.74) is 3.43. The van der Waals surface area contributed by atoms with Gasteiger partial charge in [0.15, 0.2) is 10.8 Å². The Labute approximate surface area is 201 Å². The second kappa shape index (κ2) is 9.03. The molecule has 0 aliphatic carbocycles. The summed E-state index contributed by atoms with van der Waals surface area (Å²) in [7, 11) is 1.66. The lowest BCUT2D eigenvalue weighted by Crippen LogP contribution is -2.35. The zero-order valence-corrected chi connectivity index (χ0v) is 20.1. The van der Waals surface area contributed by atoms with Crippen molar-refractivity contribution in [3.8, 4) is 11.4 Å². The van der Waals surface area contributed by atoms with Gasteiger partial charge in [-0.1, -0.05) is 22.9 Å². The smallest absolute Gasteiger partial charge is 0.253 e. The van der Waals surface area contributed by atoms with Crippen molar-refractivity contribution in [1.82, 2.24) is 19.7 Å². The van der Waals surface area contributed by atoms with Crippen molar-refractivity contribution >= 4 is 44.3 Å². The SMILES string of the molecule is COc1ccc(-n2nc(C)c3sc(N4CCCN(C(=O)c5ccc(Cl)cc5)CC4)nc32)cc1. The molecule has 3 heterocycles. The van der Waals surface area contributed by atoms with Gasteiger partial charge >= 0.3 is 0 Å². The molecule has 7 nitrogen and oxygen atoms in total. The molecule has 33 heavy (non-hydrogen) atoms. The second-order valence-corrected chi connectivity index (χ2v) is 9.40. The Balaban J connectivity index is 1.36. The van der Waals surface area contributed by atoms with Gasteiger partial charge in [-0.3, -0.25) is 4.79 Å². The zero-order chi connectivity index (χ0) is 22.9. The molecule has 1 fully saturated rings. The second-order valence-electron chi connectivity index (χ2n) is 7.98. The standard InChI is InChI=1S/C24H24ClN5O2S/c1-16-21-22(30(27-16)19-8-10-20(32-2)11-9-19)26-24(33-21)29-13-3-12-28(14-15-29)23(31)17-4-6-18(25)7-5-17/h4-11H,3,12-15H2,1-2H3. The van der Waals surface area contributed by atoms with Crippen LogP contribution in [-0.4, -0.2) is 58.9 Å². The van der Waals surface area contributed by atoms with Gasteiger partial charge in [0.1, 0.15) is 5.75 Å². The number of thiazole rings is 1. The highest BCUT2D eigenvalue weighted by molar-refractivity contribution is 7.22. The van der Waals surface area contributed by atoms with Gasteiger partial charge in [-0.15, -0.1) is 0 Å². The maximum absolute atomic E-state index is 12.9. The molecule has 0 N–H and O–H groups in total. The molecule has 0 atom stereocenters. The van der Waals surface area contributed by atoms with Crippen molar-refractivity contribution in [2.24, 2.45) is 0 Å². The van der Waals surface area contributed by atoms with E-state index < -0.39 is 0 Å². The first kappa shape index (κ1) is 21.7. The fraction of sp³-hybridized carbons (Fsp3) is 0.292. The van der Waals surface area contributed by atoms with Crippen molar-refractivity contribution in [2.75, 3.05) is 38.2 Å². The van der Waals surface area contributed by atoms with Crippen LogP contribution in [0.2, 0.25) is 5.02 Å². The Morgan fingerprint density at radius 2 is 1.79 bits per heavy atom. The van der Waals surface area contributed by atoms with E-state index in [0.717, 1.165) is 58.7 Å². The third kappa shape index (κ3) is 4.28. The van der Waals surface area contributed by atoms with Crippen molar-refractivity contribution in [3.05, 3.63) is 64.8 Å².